The average molecular weight is 387 g/mol. The molecule has 1 heterocycles. The third kappa shape index (κ3) is 4.24. The molecule has 0 saturated carbocycles. The molecule has 2 aromatic carbocycles. The van der Waals surface area contributed by atoms with Crippen LogP contribution in [-0.2, 0) is 11.3 Å². The molecule has 152 valence electrons. The van der Waals surface area contributed by atoms with Crippen molar-refractivity contribution < 1.29 is 24.1 Å². The van der Waals surface area contributed by atoms with Crippen molar-refractivity contribution in [3.8, 4) is 17.2 Å². The highest BCUT2D eigenvalue weighted by Gasteiger charge is 2.34. The van der Waals surface area contributed by atoms with Crippen LogP contribution in [0.3, 0.4) is 0 Å². The number of aliphatic hydroxyl groups is 1. The van der Waals surface area contributed by atoms with Gasteiger partial charge < -0.3 is 24.1 Å². The molecule has 0 aliphatic carbocycles. The van der Waals surface area contributed by atoms with Gasteiger partial charge in [0.05, 0.1) is 40.6 Å². The molecule has 0 aromatic heterocycles. The summed E-state index contributed by atoms with van der Waals surface area (Å²) in [5.41, 5.74) is 3.44. The van der Waals surface area contributed by atoms with Crippen LogP contribution in [0.4, 0.5) is 0 Å². The van der Waals surface area contributed by atoms with Crippen molar-refractivity contribution in [2.75, 3.05) is 41.1 Å². The Morgan fingerprint density at radius 2 is 1.82 bits per heavy atom. The van der Waals surface area contributed by atoms with E-state index in [0.29, 0.717) is 18.1 Å². The normalized spacial score (nSPS) is 20.0. The largest absolute Gasteiger partial charge is 0.497 e. The first-order valence-electron chi connectivity index (χ1n) is 9.43. The lowest BCUT2D eigenvalue weighted by molar-refractivity contribution is -0.0961. The van der Waals surface area contributed by atoms with Crippen molar-refractivity contribution in [1.82, 2.24) is 4.90 Å². The Balaban J connectivity index is 1.93. The number of benzene rings is 2. The van der Waals surface area contributed by atoms with Crippen LogP contribution in [0.25, 0.3) is 0 Å². The van der Waals surface area contributed by atoms with E-state index in [4.69, 9.17) is 18.9 Å². The van der Waals surface area contributed by atoms with Gasteiger partial charge in [-0.15, -0.1) is 0 Å². The highest BCUT2D eigenvalue weighted by molar-refractivity contribution is 5.44. The average Bonchev–Trinajstić information content (AvgIpc) is 2.74. The van der Waals surface area contributed by atoms with Crippen LogP contribution in [0.15, 0.2) is 36.4 Å². The molecule has 1 aliphatic rings. The van der Waals surface area contributed by atoms with E-state index in [9.17, 15) is 5.11 Å². The van der Waals surface area contributed by atoms with Gasteiger partial charge in [0.25, 0.3) is 0 Å². The molecule has 1 N–H and O–H groups in total. The number of aryl methyl sites for hydroxylation is 1. The van der Waals surface area contributed by atoms with Gasteiger partial charge in [-0.1, -0.05) is 12.1 Å². The minimum absolute atomic E-state index is 0.0445. The number of morpholine rings is 1. The molecular formula is C22H29NO5. The van der Waals surface area contributed by atoms with E-state index in [0.717, 1.165) is 24.4 Å². The number of methoxy groups -OCH3 is 3. The lowest BCUT2D eigenvalue weighted by atomic mass is 9.96. The maximum Gasteiger partial charge on any atom is 0.161 e. The summed E-state index contributed by atoms with van der Waals surface area (Å²) in [7, 11) is 4.92. The lowest BCUT2D eigenvalue weighted by Gasteiger charge is -2.41. The van der Waals surface area contributed by atoms with Gasteiger partial charge in [0.2, 0.25) is 0 Å². The van der Waals surface area contributed by atoms with Crippen molar-refractivity contribution >= 4 is 0 Å². The van der Waals surface area contributed by atoms with Gasteiger partial charge in [-0.2, -0.15) is 0 Å². The summed E-state index contributed by atoms with van der Waals surface area (Å²) in [5, 5.41) is 9.93. The van der Waals surface area contributed by atoms with Crippen molar-refractivity contribution in [2.45, 2.75) is 25.6 Å². The molecule has 1 saturated heterocycles. The van der Waals surface area contributed by atoms with Gasteiger partial charge in [-0.05, 0) is 47.9 Å². The molecule has 1 aliphatic heterocycles. The van der Waals surface area contributed by atoms with E-state index in [2.05, 4.69) is 17.9 Å². The van der Waals surface area contributed by atoms with Gasteiger partial charge >= 0.3 is 0 Å². The summed E-state index contributed by atoms with van der Waals surface area (Å²) in [6.45, 7) is 4.17. The molecule has 6 nitrogen and oxygen atoms in total. The number of hydrogen-bond acceptors (Lipinski definition) is 6. The molecule has 2 aromatic rings. The van der Waals surface area contributed by atoms with E-state index in [1.165, 1.54) is 11.1 Å². The Bertz CT molecular complexity index is 794. The van der Waals surface area contributed by atoms with Gasteiger partial charge in [0.15, 0.2) is 11.5 Å². The third-order valence-corrected chi connectivity index (χ3v) is 5.31. The van der Waals surface area contributed by atoms with E-state index < -0.39 is 0 Å². The van der Waals surface area contributed by atoms with Crippen molar-refractivity contribution in [2.24, 2.45) is 0 Å². The summed E-state index contributed by atoms with van der Waals surface area (Å²) in [6, 6.07) is 11.9. The number of ether oxygens (including phenoxy) is 4. The third-order valence-electron chi connectivity index (χ3n) is 5.31. The van der Waals surface area contributed by atoms with Crippen molar-refractivity contribution in [3.05, 3.63) is 53.1 Å². The molecule has 0 amide bonds. The minimum Gasteiger partial charge on any atom is -0.497 e. The smallest absolute Gasteiger partial charge is 0.161 e. The zero-order valence-corrected chi connectivity index (χ0v) is 17.0. The molecule has 0 radical (unpaired) electrons. The Hall–Kier alpha value is -2.28. The monoisotopic (exact) mass is 387 g/mol. The van der Waals surface area contributed by atoms with Crippen LogP contribution < -0.4 is 14.2 Å². The van der Waals surface area contributed by atoms with Crippen LogP contribution in [0.1, 0.15) is 22.7 Å². The molecular weight excluding hydrogens is 358 g/mol. The fourth-order valence-corrected chi connectivity index (χ4v) is 3.77. The molecule has 0 unspecified atom stereocenters. The van der Waals surface area contributed by atoms with E-state index in [1.807, 2.05) is 30.3 Å². The summed E-state index contributed by atoms with van der Waals surface area (Å²) < 4.78 is 22.0. The SMILES string of the molecule is COc1ccc(CN2CCO[C@H](CO)[C@H]2c2ccc(OC)c(OC)c2)c(C)c1. The van der Waals surface area contributed by atoms with Crippen LogP contribution in [-0.4, -0.2) is 57.2 Å². The quantitative estimate of drug-likeness (QED) is 0.788. The zero-order chi connectivity index (χ0) is 20.1. The lowest BCUT2D eigenvalue weighted by Crippen LogP contribution is -2.46. The molecule has 6 heteroatoms. The Morgan fingerprint density at radius 3 is 2.46 bits per heavy atom. The molecule has 0 bridgehead atoms. The highest BCUT2D eigenvalue weighted by atomic mass is 16.5. The summed E-state index contributed by atoms with van der Waals surface area (Å²) >= 11 is 0. The van der Waals surface area contributed by atoms with Crippen molar-refractivity contribution in [1.29, 1.82) is 0 Å². The number of hydrogen-bond donors (Lipinski definition) is 1. The van der Waals surface area contributed by atoms with Gasteiger partial charge in [0, 0.05) is 13.1 Å². The van der Waals surface area contributed by atoms with Gasteiger partial charge in [-0.25, -0.2) is 0 Å². The molecule has 1 fully saturated rings. The minimum atomic E-state index is -0.301. The molecule has 0 spiro atoms. The van der Waals surface area contributed by atoms with Gasteiger partial charge in [0.1, 0.15) is 11.9 Å². The second-order valence-electron chi connectivity index (χ2n) is 6.91. The topological polar surface area (TPSA) is 60.4 Å². The summed E-state index contributed by atoms with van der Waals surface area (Å²) in [5.74, 6) is 2.21. The van der Waals surface area contributed by atoms with Gasteiger partial charge in [-0.3, -0.25) is 4.90 Å². The maximum atomic E-state index is 9.93. The molecule has 3 rings (SSSR count). The fraction of sp³-hybridized carbons (Fsp3) is 0.455. The number of rotatable bonds is 7. The number of nitrogens with zero attached hydrogens (tertiary/aromatic N) is 1. The molecule has 2 atom stereocenters. The number of aliphatic hydroxyl groups excluding tert-OH is 1. The standard InChI is InChI=1S/C22H29NO5/c1-15-11-18(25-2)7-5-17(15)13-23-9-10-28-21(14-24)22(23)16-6-8-19(26-3)20(12-16)27-4/h5-8,11-12,21-22,24H,9-10,13-14H2,1-4H3/t21-,22-/m1/s1. The van der Waals surface area contributed by atoms with Crippen molar-refractivity contribution in [3.63, 3.8) is 0 Å². The summed E-state index contributed by atoms with van der Waals surface area (Å²) in [4.78, 5) is 2.35. The molecule has 28 heavy (non-hydrogen) atoms. The first kappa shape index (κ1) is 20.5. The highest BCUT2D eigenvalue weighted by Crippen LogP contribution is 2.36. The van der Waals surface area contributed by atoms with Crippen LogP contribution in [0.2, 0.25) is 0 Å². The first-order chi connectivity index (χ1) is 13.6. The summed E-state index contributed by atoms with van der Waals surface area (Å²) in [6.07, 6.45) is -0.301. The first-order valence-corrected chi connectivity index (χ1v) is 9.43. The Kier molecular flexibility index (Phi) is 6.78. The Morgan fingerprint density at radius 1 is 1.04 bits per heavy atom. The second-order valence-corrected chi connectivity index (χ2v) is 6.91. The van der Waals surface area contributed by atoms with E-state index in [1.54, 1.807) is 21.3 Å². The van der Waals surface area contributed by atoms with E-state index >= 15 is 0 Å². The fourth-order valence-electron chi connectivity index (χ4n) is 3.77. The Labute approximate surface area is 166 Å². The second kappa shape index (κ2) is 9.28. The predicted octanol–water partition coefficient (Wildman–Crippen LogP) is 2.96. The maximum absolute atomic E-state index is 9.93. The van der Waals surface area contributed by atoms with Crippen LogP contribution in [0, 0.1) is 6.92 Å². The van der Waals surface area contributed by atoms with Crippen LogP contribution in [0.5, 0.6) is 17.2 Å². The zero-order valence-electron chi connectivity index (χ0n) is 17.0. The van der Waals surface area contributed by atoms with E-state index in [-0.39, 0.29) is 18.8 Å². The van der Waals surface area contributed by atoms with Crippen LogP contribution >= 0.6 is 0 Å². The predicted molar refractivity (Wildman–Crippen MR) is 107 cm³/mol.